The molecule has 0 bridgehead atoms. The molecule has 0 unspecified atom stereocenters. The maximum Gasteiger partial charge on any atom is 0.0664 e. The molecule has 1 aromatic rings. The second kappa shape index (κ2) is 5.71. The van der Waals surface area contributed by atoms with Crippen molar-refractivity contribution in [1.82, 2.24) is 9.78 Å². The van der Waals surface area contributed by atoms with Crippen molar-refractivity contribution in [2.24, 2.45) is 5.73 Å². The molecule has 2 N–H and O–H groups in total. The molecule has 1 aromatic heterocycles. The van der Waals surface area contributed by atoms with E-state index in [0.29, 0.717) is 6.04 Å². The Morgan fingerprint density at radius 3 is 2.87 bits per heavy atom. The third-order valence-corrected chi connectivity index (χ3v) is 2.31. The number of rotatable bonds is 5. The monoisotopic (exact) mass is 207 g/mol. The quantitative estimate of drug-likeness (QED) is 0.753. The van der Waals surface area contributed by atoms with Gasteiger partial charge in [-0.15, -0.1) is 0 Å². The van der Waals surface area contributed by atoms with Gasteiger partial charge in [0.15, 0.2) is 0 Å². The Bertz CT molecular complexity index is 323. The Balaban J connectivity index is 2.57. The average molecular weight is 207 g/mol. The van der Waals surface area contributed by atoms with Crippen LogP contribution in [0.1, 0.15) is 38.9 Å². The molecule has 0 aliphatic rings. The van der Waals surface area contributed by atoms with Crippen LogP contribution in [-0.2, 0) is 6.42 Å². The first-order chi connectivity index (χ1) is 7.13. The first-order valence-electron chi connectivity index (χ1n) is 5.53. The molecular formula is C12H21N3. The number of hydrogen-bond acceptors (Lipinski definition) is 2. The van der Waals surface area contributed by atoms with Crippen LogP contribution in [0.3, 0.4) is 0 Å². The first-order valence-corrected chi connectivity index (χ1v) is 5.53. The minimum absolute atomic E-state index is 0.437. The molecule has 1 rings (SSSR count). The van der Waals surface area contributed by atoms with E-state index in [-0.39, 0.29) is 0 Å². The van der Waals surface area contributed by atoms with Gasteiger partial charge in [-0.2, -0.15) is 5.10 Å². The van der Waals surface area contributed by atoms with Crippen LogP contribution in [0.4, 0.5) is 0 Å². The van der Waals surface area contributed by atoms with Crippen LogP contribution in [0, 0.1) is 0 Å². The van der Waals surface area contributed by atoms with Gasteiger partial charge in [-0.1, -0.05) is 11.6 Å². The van der Waals surface area contributed by atoms with Crippen LogP contribution in [-0.4, -0.2) is 16.3 Å². The fraction of sp³-hybridized carbons (Fsp3) is 0.583. The van der Waals surface area contributed by atoms with Crippen molar-refractivity contribution in [3.05, 3.63) is 29.6 Å². The van der Waals surface area contributed by atoms with E-state index >= 15 is 0 Å². The van der Waals surface area contributed by atoms with Crippen LogP contribution in [0.15, 0.2) is 23.9 Å². The number of nitrogens with two attached hydrogens (primary N) is 1. The van der Waals surface area contributed by atoms with Crippen molar-refractivity contribution in [1.29, 1.82) is 0 Å². The molecule has 0 fully saturated rings. The van der Waals surface area contributed by atoms with Crippen molar-refractivity contribution < 1.29 is 0 Å². The molecule has 15 heavy (non-hydrogen) atoms. The fourth-order valence-corrected chi connectivity index (χ4v) is 1.45. The maximum atomic E-state index is 5.45. The molecule has 0 atom stereocenters. The zero-order chi connectivity index (χ0) is 11.3. The summed E-state index contributed by atoms with van der Waals surface area (Å²) in [6.07, 6.45) is 6.11. The van der Waals surface area contributed by atoms with E-state index < -0.39 is 0 Å². The SMILES string of the molecule is CC(=CCCN)Cc1ccn(C(C)C)n1. The largest absolute Gasteiger partial charge is 0.330 e. The molecule has 0 radical (unpaired) electrons. The highest BCUT2D eigenvalue weighted by Crippen LogP contribution is 2.09. The summed E-state index contributed by atoms with van der Waals surface area (Å²) < 4.78 is 1.99. The molecule has 0 aliphatic heterocycles. The van der Waals surface area contributed by atoms with Gasteiger partial charge < -0.3 is 5.73 Å². The molecular weight excluding hydrogens is 186 g/mol. The van der Waals surface area contributed by atoms with Gasteiger partial charge in [0, 0.05) is 18.7 Å². The van der Waals surface area contributed by atoms with Gasteiger partial charge in [0.1, 0.15) is 0 Å². The van der Waals surface area contributed by atoms with Crippen molar-refractivity contribution in [2.75, 3.05) is 6.54 Å². The number of aromatic nitrogens is 2. The maximum absolute atomic E-state index is 5.45. The Hall–Kier alpha value is -1.09. The summed E-state index contributed by atoms with van der Waals surface area (Å²) in [7, 11) is 0. The second-order valence-electron chi connectivity index (χ2n) is 4.19. The lowest BCUT2D eigenvalue weighted by molar-refractivity contribution is 0.527. The average Bonchev–Trinajstić information content (AvgIpc) is 2.63. The zero-order valence-electron chi connectivity index (χ0n) is 9.90. The van der Waals surface area contributed by atoms with Crippen molar-refractivity contribution in [3.8, 4) is 0 Å². The molecule has 1 heterocycles. The fourth-order valence-electron chi connectivity index (χ4n) is 1.45. The summed E-state index contributed by atoms with van der Waals surface area (Å²) in [5.74, 6) is 0. The summed E-state index contributed by atoms with van der Waals surface area (Å²) in [4.78, 5) is 0. The van der Waals surface area contributed by atoms with Crippen molar-refractivity contribution in [2.45, 2.75) is 39.7 Å². The van der Waals surface area contributed by atoms with E-state index in [2.05, 4.69) is 38.0 Å². The van der Waals surface area contributed by atoms with Gasteiger partial charge >= 0.3 is 0 Å². The molecule has 0 aliphatic carbocycles. The number of nitrogens with zero attached hydrogens (tertiary/aromatic N) is 2. The van der Waals surface area contributed by atoms with Crippen LogP contribution in [0.25, 0.3) is 0 Å². The third kappa shape index (κ3) is 3.88. The second-order valence-corrected chi connectivity index (χ2v) is 4.19. The molecule has 0 aromatic carbocycles. The van der Waals surface area contributed by atoms with Crippen molar-refractivity contribution in [3.63, 3.8) is 0 Å². The van der Waals surface area contributed by atoms with Crippen LogP contribution < -0.4 is 5.73 Å². The lowest BCUT2D eigenvalue weighted by atomic mass is 10.1. The van der Waals surface area contributed by atoms with E-state index in [1.807, 2.05) is 10.9 Å². The number of hydrogen-bond donors (Lipinski definition) is 1. The van der Waals surface area contributed by atoms with E-state index in [4.69, 9.17) is 5.73 Å². The Kier molecular flexibility index (Phi) is 4.56. The smallest absolute Gasteiger partial charge is 0.0664 e. The number of allylic oxidation sites excluding steroid dienone is 1. The van der Waals surface area contributed by atoms with Gasteiger partial charge in [0.05, 0.1) is 5.69 Å². The van der Waals surface area contributed by atoms with Crippen LogP contribution >= 0.6 is 0 Å². The molecule has 0 spiro atoms. The first kappa shape index (κ1) is 12.0. The summed E-state index contributed by atoms with van der Waals surface area (Å²) in [6.45, 7) is 7.11. The minimum Gasteiger partial charge on any atom is -0.330 e. The Morgan fingerprint density at radius 1 is 1.60 bits per heavy atom. The Morgan fingerprint density at radius 2 is 2.33 bits per heavy atom. The summed E-state index contributed by atoms with van der Waals surface area (Å²) >= 11 is 0. The molecule has 3 heteroatoms. The van der Waals surface area contributed by atoms with Gasteiger partial charge in [-0.05, 0) is 39.8 Å². The van der Waals surface area contributed by atoms with Gasteiger partial charge in [-0.3, -0.25) is 4.68 Å². The molecule has 0 saturated heterocycles. The summed E-state index contributed by atoms with van der Waals surface area (Å²) in [5, 5.41) is 4.50. The van der Waals surface area contributed by atoms with Crippen LogP contribution in [0.2, 0.25) is 0 Å². The van der Waals surface area contributed by atoms with Crippen molar-refractivity contribution >= 4 is 0 Å². The molecule has 3 nitrogen and oxygen atoms in total. The lowest BCUT2D eigenvalue weighted by Crippen LogP contribution is -2.02. The van der Waals surface area contributed by atoms with Crippen LogP contribution in [0.5, 0.6) is 0 Å². The highest BCUT2D eigenvalue weighted by atomic mass is 15.3. The van der Waals surface area contributed by atoms with E-state index in [1.165, 1.54) is 5.57 Å². The predicted molar refractivity (Wildman–Crippen MR) is 63.7 cm³/mol. The van der Waals surface area contributed by atoms with E-state index in [9.17, 15) is 0 Å². The van der Waals surface area contributed by atoms with E-state index in [1.54, 1.807) is 0 Å². The minimum atomic E-state index is 0.437. The summed E-state index contributed by atoms with van der Waals surface area (Å²) in [5.41, 5.74) is 7.93. The van der Waals surface area contributed by atoms with Gasteiger partial charge in [-0.25, -0.2) is 0 Å². The molecule has 84 valence electrons. The lowest BCUT2D eigenvalue weighted by Gasteiger charge is -2.03. The normalized spacial score (nSPS) is 12.5. The summed E-state index contributed by atoms with van der Waals surface area (Å²) in [6, 6.07) is 2.52. The van der Waals surface area contributed by atoms with Gasteiger partial charge in [0.2, 0.25) is 0 Å². The third-order valence-electron chi connectivity index (χ3n) is 2.31. The Labute approximate surface area is 92.0 Å². The topological polar surface area (TPSA) is 43.8 Å². The van der Waals surface area contributed by atoms with Gasteiger partial charge in [0.25, 0.3) is 0 Å². The van der Waals surface area contributed by atoms with E-state index in [0.717, 1.165) is 25.1 Å². The molecule has 0 saturated carbocycles. The predicted octanol–water partition coefficient (Wildman–Crippen LogP) is 2.30. The highest BCUT2D eigenvalue weighted by Gasteiger charge is 2.02. The standard InChI is InChI=1S/C12H21N3/c1-10(2)15-8-6-12(14-15)9-11(3)5-4-7-13/h5-6,8,10H,4,7,9,13H2,1-3H3. The molecule has 0 amide bonds. The zero-order valence-corrected chi connectivity index (χ0v) is 9.90. The highest BCUT2D eigenvalue weighted by molar-refractivity contribution is 5.12.